The summed E-state index contributed by atoms with van der Waals surface area (Å²) >= 11 is 0. The van der Waals surface area contributed by atoms with Gasteiger partial charge in [-0.25, -0.2) is 9.07 Å². The molecule has 0 fully saturated rings. The van der Waals surface area contributed by atoms with Crippen LogP contribution in [0.4, 0.5) is 17.6 Å². The molecule has 4 rings (SSSR count). The van der Waals surface area contributed by atoms with E-state index in [1.165, 1.54) is 12.1 Å². The van der Waals surface area contributed by atoms with E-state index >= 15 is 0 Å². The highest BCUT2D eigenvalue weighted by Gasteiger charge is 2.34. The fourth-order valence-electron chi connectivity index (χ4n) is 3.14. The minimum Gasteiger partial charge on any atom is -0.485 e. The minimum absolute atomic E-state index is 0.314. The van der Waals surface area contributed by atoms with Gasteiger partial charge in [0.2, 0.25) is 0 Å². The highest BCUT2D eigenvalue weighted by atomic mass is 19.4. The van der Waals surface area contributed by atoms with E-state index in [0.717, 1.165) is 5.52 Å². The van der Waals surface area contributed by atoms with E-state index in [0.29, 0.717) is 22.4 Å². The Balaban J connectivity index is 1.64. The first kappa shape index (κ1) is 19.0. The summed E-state index contributed by atoms with van der Waals surface area (Å²) in [7, 11) is 0. The van der Waals surface area contributed by atoms with Crippen LogP contribution in [0.2, 0.25) is 0 Å². The molecule has 0 aliphatic rings. The molecule has 1 atom stereocenters. The first-order valence-corrected chi connectivity index (χ1v) is 8.91. The molecule has 1 unspecified atom stereocenters. The van der Waals surface area contributed by atoms with Gasteiger partial charge in [0.15, 0.2) is 0 Å². The number of fused-ring (bicyclic) bond motifs is 1. The smallest absolute Gasteiger partial charge is 0.392 e. The lowest BCUT2D eigenvalue weighted by atomic mass is 10.1. The van der Waals surface area contributed by atoms with Crippen LogP contribution in [0.25, 0.3) is 16.6 Å². The van der Waals surface area contributed by atoms with Crippen LogP contribution in [0.1, 0.15) is 18.1 Å². The Labute approximate surface area is 164 Å². The van der Waals surface area contributed by atoms with E-state index < -0.39 is 18.7 Å². The van der Waals surface area contributed by atoms with E-state index in [1.54, 1.807) is 71.5 Å². The Morgan fingerprint density at radius 3 is 2.34 bits per heavy atom. The normalized spacial score (nSPS) is 12.8. The molecule has 0 saturated heterocycles. The molecule has 3 aromatic carbocycles. The zero-order chi connectivity index (χ0) is 20.4. The van der Waals surface area contributed by atoms with Crippen molar-refractivity contribution in [2.24, 2.45) is 0 Å². The monoisotopic (exact) mass is 400 g/mol. The maximum atomic E-state index is 13.1. The number of halogens is 4. The lowest BCUT2D eigenvalue weighted by Gasteiger charge is -2.21. The van der Waals surface area contributed by atoms with Gasteiger partial charge in [0.1, 0.15) is 17.7 Å². The second-order valence-corrected chi connectivity index (χ2v) is 6.59. The zero-order valence-corrected chi connectivity index (χ0v) is 15.1. The van der Waals surface area contributed by atoms with Crippen molar-refractivity contribution in [1.29, 1.82) is 0 Å². The Morgan fingerprint density at radius 2 is 1.66 bits per heavy atom. The number of nitrogens with zero attached hydrogens (tertiary/aromatic N) is 2. The fourth-order valence-corrected chi connectivity index (χ4v) is 3.14. The summed E-state index contributed by atoms with van der Waals surface area (Å²) in [6.07, 6.45) is -5.02. The van der Waals surface area contributed by atoms with Gasteiger partial charge in [-0.1, -0.05) is 30.3 Å². The van der Waals surface area contributed by atoms with Crippen LogP contribution in [0, 0.1) is 5.82 Å². The van der Waals surface area contributed by atoms with Crippen LogP contribution in [0.5, 0.6) is 5.75 Å². The summed E-state index contributed by atoms with van der Waals surface area (Å²) in [5.74, 6) is -0.0354. The quantitative estimate of drug-likeness (QED) is 0.371. The average Bonchev–Trinajstić information content (AvgIpc) is 3.11. The van der Waals surface area contributed by atoms with Crippen molar-refractivity contribution in [2.75, 3.05) is 0 Å². The fraction of sp³-hybridized carbons (Fsp3) is 0.136. The van der Waals surface area contributed by atoms with Gasteiger partial charge < -0.3 is 4.74 Å². The van der Waals surface area contributed by atoms with Crippen molar-refractivity contribution in [3.05, 3.63) is 90.4 Å². The second kappa shape index (κ2) is 7.58. The van der Waals surface area contributed by atoms with E-state index in [9.17, 15) is 17.6 Å². The van der Waals surface area contributed by atoms with Gasteiger partial charge in [-0.3, -0.25) is 0 Å². The molecular formula is C22H16F4N2O. The maximum Gasteiger partial charge on any atom is 0.392 e. The summed E-state index contributed by atoms with van der Waals surface area (Å²) in [4.78, 5) is 0. The minimum atomic E-state index is -4.36. The molecule has 0 aliphatic heterocycles. The third-order valence-corrected chi connectivity index (χ3v) is 4.48. The average molecular weight is 400 g/mol. The van der Waals surface area contributed by atoms with Crippen LogP contribution in [-0.4, -0.2) is 16.0 Å². The molecule has 29 heavy (non-hydrogen) atoms. The van der Waals surface area contributed by atoms with Crippen LogP contribution < -0.4 is 4.74 Å². The molecule has 1 heterocycles. The highest BCUT2D eigenvalue weighted by Crippen LogP contribution is 2.34. The van der Waals surface area contributed by atoms with Crippen LogP contribution in [0.3, 0.4) is 0 Å². The van der Waals surface area contributed by atoms with Crippen molar-refractivity contribution >= 4 is 10.9 Å². The molecular weight excluding hydrogens is 384 g/mol. The van der Waals surface area contributed by atoms with E-state index in [-0.39, 0.29) is 5.82 Å². The molecule has 3 nitrogen and oxygen atoms in total. The highest BCUT2D eigenvalue weighted by molar-refractivity contribution is 5.81. The van der Waals surface area contributed by atoms with Crippen LogP contribution >= 0.6 is 0 Å². The van der Waals surface area contributed by atoms with Crippen LogP contribution in [0.15, 0.2) is 79.0 Å². The number of ether oxygens (including phenoxy) is 1. The number of hydrogen-bond acceptors (Lipinski definition) is 2. The number of alkyl halides is 3. The van der Waals surface area contributed by atoms with Gasteiger partial charge in [-0.2, -0.15) is 18.3 Å². The van der Waals surface area contributed by atoms with E-state index in [2.05, 4.69) is 5.10 Å². The Hall–Kier alpha value is -3.35. The first-order chi connectivity index (χ1) is 13.9. The summed E-state index contributed by atoms with van der Waals surface area (Å²) in [6.45, 7) is 0. The standard InChI is InChI=1S/C22H16F4N2O/c23-17-6-8-18(9-7-17)28-20-11-10-19(12-16(20)14-27-28)29-21(13-22(24,25)26)15-4-2-1-3-5-15/h1-12,14,21H,13H2. The molecule has 0 saturated carbocycles. The summed E-state index contributed by atoms with van der Waals surface area (Å²) < 4.78 is 59.6. The maximum absolute atomic E-state index is 13.1. The largest absolute Gasteiger partial charge is 0.485 e. The van der Waals surface area contributed by atoms with Crippen molar-refractivity contribution < 1.29 is 22.3 Å². The number of rotatable bonds is 5. The van der Waals surface area contributed by atoms with Gasteiger partial charge in [0.25, 0.3) is 0 Å². The molecule has 1 aromatic heterocycles. The van der Waals surface area contributed by atoms with E-state index in [1.807, 2.05) is 0 Å². The molecule has 4 aromatic rings. The molecule has 0 N–H and O–H groups in total. The second-order valence-electron chi connectivity index (χ2n) is 6.59. The molecule has 0 spiro atoms. The predicted molar refractivity (Wildman–Crippen MR) is 102 cm³/mol. The molecule has 0 bridgehead atoms. The lowest BCUT2D eigenvalue weighted by Crippen LogP contribution is -2.18. The van der Waals surface area contributed by atoms with Crippen molar-refractivity contribution in [3.8, 4) is 11.4 Å². The zero-order valence-electron chi connectivity index (χ0n) is 15.1. The topological polar surface area (TPSA) is 27.1 Å². The van der Waals surface area contributed by atoms with Gasteiger partial charge in [0, 0.05) is 5.39 Å². The Bertz CT molecular complexity index is 1110. The molecule has 148 valence electrons. The van der Waals surface area contributed by atoms with E-state index in [4.69, 9.17) is 4.74 Å². The van der Waals surface area contributed by atoms with Crippen molar-refractivity contribution in [3.63, 3.8) is 0 Å². The predicted octanol–water partition coefficient (Wildman–Crippen LogP) is 6.24. The third kappa shape index (κ3) is 4.39. The Kier molecular flexibility index (Phi) is 4.96. The van der Waals surface area contributed by atoms with Gasteiger partial charge in [-0.15, -0.1) is 0 Å². The SMILES string of the molecule is Fc1ccc(-n2ncc3cc(OC(CC(F)(F)F)c4ccccc4)ccc32)cc1. The van der Waals surface area contributed by atoms with Crippen LogP contribution in [-0.2, 0) is 0 Å². The number of hydrogen-bond donors (Lipinski definition) is 0. The molecule has 7 heteroatoms. The third-order valence-electron chi connectivity index (χ3n) is 4.48. The summed E-state index contributed by atoms with van der Waals surface area (Å²) in [5.41, 5.74) is 1.86. The lowest BCUT2D eigenvalue weighted by molar-refractivity contribution is -0.151. The Morgan fingerprint density at radius 1 is 0.931 bits per heavy atom. The van der Waals surface area contributed by atoms with Crippen molar-refractivity contribution in [1.82, 2.24) is 9.78 Å². The summed E-state index contributed by atoms with van der Waals surface area (Å²) in [6, 6.07) is 19.2. The van der Waals surface area contributed by atoms with Gasteiger partial charge >= 0.3 is 6.18 Å². The molecule has 0 aliphatic carbocycles. The summed E-state index contributed by atoms with van der Waals surface area (Å²) in [5, 5.41) is 4.99. The molecule has 0 amide bonds. The van der Waals surface area contributed by atoms with Crippen molar-refractivity contribution in [2.45, 2.75) is 18.7 Å². The van der Waals surface area contributed by atoms with Gasteiger partial charge in [-0.05, 0) is 48.0 Å². The molecule has 0 radical (unpaired) electrons. The van der Waals surface area contributed by atoms with Gasteiger partial charge in [0.05, 0.1) is 23.8 Å². The first-order valence-electron chi connectivity index (χ1n) is 8.91. The number of aromatic nitrogens is 2. The number of benzene rings is 3.